The fourth-order valence-electron chi connectivity index (χ4n) is 3.74. The molecule has 1 aliphatic heterocycles. The molecular weight excluding hydrogens is 451 g/mol. The minimum Gasteiger partial charge on any atom is -0.481 e. The van der Waals surface area contributed by atoms with Crippen LogP contribution in [0, 0.1) is 10.6 Å². The molecule has 174 valence electrons. The molecule has 0 saturated heterocycles. The van der Waals surface area contributed by atoms with E-state index in [0.717, 1.165) is 0 Å². The van der Waals surface area contributed by atoms with Crippen LogP contribution in [-0.2, 0) is 22.9 Å². The fraction of sp³-hybridized carbons (Fsp3) is 0.286. The van der Waals surface area contributed by atoms with Gasteiger partial charge in [0.2, 0.25) is 11.8 Å². The van der Waals surface area contributed by atoms with Crippen molar-refractivity contribution in [3.63, 3.8) is 0 Å². The van der Waals surface area contributed by atoms with Crippen molar-refractivity contribution in [3.05, 3.63) is 47.5 Å². The number of carbonyl (C=O) groups is 1. The number of carbonyl (C=O) groups excluding carboxylic acids is 1. The lowest BCUT2D eigenvalue weighted by molar-refractivity contribution is 0.101. The smallest absolute Gasteiger partial charge is 0.277 e. The lowest BCUT2D eigenvalue weighted by Crippen LogP contribution is -2.21. The van der Waals surface area contributed by atoms with Gasteiger partial charge in [-0.1, -0.05) is 6.92 Å². The Morgan fingerprint density at radius 3 is 2.91 bits per heavy atom. The van der Waals surface area contributed by atoms with Gasteiger partial charge in [-0.15, -0.1) is 0 Å². The topological polar surface area (TPSA) is 145 Å². The van der Waals surface area contributed by atoms with E-state index in [9.17, 15) is 13.4 Å². The first-order chi connectivity index (χ1) is 15.7. The number of rotatable bonds is 6. The van der Waals surface area contributed by atoms with Crippen molar-refractivity contribution in [2.45, 2.75) is 31.2 Å². The molecule has 0 spiro atoms. The van der Waals surface area contributed by atoms with Gasteiger partial charge in [0, 0.05) is 36.4 Å². The number of halogens is 1. The van der Waals surface area contributed by atoms with Crippen LogP contribution in [0.1, 0.15) is 29.4 Å². The van der Waals surface area contributed by atoms with Crippen LogP contribution in [-0.4, -0.2) is 38.6 Å². The maximum absolute atomic E-state index is 14.7. The van der Waals surface area contributed by atoms with Gasteiger partial charge >= 0.3 is 0 Å². The number of nitrogens with zero attached hydrogens (tertiary/aromatic N) is 3. The van der Waals surface area contributed by atoms with E-state index in [1.54, 1.807) is 19.1 Å². The van der Waals surface area contributed by atoms with E-state index in [2.05, 4.69) is 15.4 Å². The molecule has 0 radical (unpaired) electrons. The number of benzene rings is 1. The molecule has 3 heterocycles. The van der Waals surface area contributed by atoms with Gasteiger partial charge in [-0.25, -0.2) is 28.2 Å². The Labute approximate surface area is 190 Å². The third kappa shape index (κ3) is 4.26. The summed E-state index contributed by atoms with van der Waals surface area (Å²) in [5.74, 6) is -0.870. The van der Waals surface area contributed by atoms with Gasteiger partial charge in [0.15, 0.2) is 10.6 Å². The average Bonchev–Trinajstić information content (AvgIpc) is 3.20. The second-order valence-corrected chi connectivity index (χ2v) is 8.96. The number of nitrogens with two attached hydrogens (primary N) is 1. The van der Waals surface area contributed by atoms with Crippen molar-refractivity contribution in [1.82, 2.24) is 14.8 Å². The zero-order chi connectivity index (χ0) is 23.8. The van der Waals surface area contributed by atoms with E-state index in [0.29, 0.717) is 43.0 Å². The standard InChI is InChI=1S/C21H23FN6O4S/c1-3-13-15(22)6-5-14(12-7-8-25-16(11-12)31-2)17(13)26-20(29)18-19(33(23,24)30)21-28(27-18)9-4-10-32-21/h5-8,11H,3-4,9-10H2,1-2H3,(H,26,29)(H3,23,24,30). The number of aromatic nitrogens is 3. The first-order valence-electron chi connectivity index (χ1n) is 10.2. The second-order valence-electron chi connectivity index (χ2n) is 7.35. The van der Waals surface area contributed by atoms with Crippen LogP contribution in [0.2, 0.25) is 0 Å². The van der Waals surface area contributed by atoms with Crippen LogP contribution in [0.15, 0.2) is 35.4 Å². The molecule has 1 atom stereocenters. The molecule has 4 N–H and O–H groups in total. The highest BCUT2D eigenvalue weighted by Gasteiger charge is 2.32. The number of hydrogen-bond acceptors (Lipinski definition) is 7. The SMILES string of the molecule is CCc1c(F)ccc(-c2ccnc(OC)c2)c1NC(=O)c1nn2c(c1S(=N)(N)=O)OCCC2. The van der Waals surface area contributed by atoms with Crippen molar-refractivity contribution in [1.29, 1.82) is 4.78 Å². The minimum absolute atomic E-state index is 0.0444. The van der Waals surface area contributed by atoms with Gasteiger partial charge in [-0.05, 0) is 30.2 Å². The first-order valence-corrected chi connectivity index (χ1v) is 11.8. The van der Waals surface area contributed by atoms with E-state index >= 15 is 0 Å². The summed E-state index contributed by atoms with van der Waals surface area (Å²) >= 11 is 0. The van der Waals surface area contributed by atoms with E-state index in [-0.39, 0.29) is 27.7 Å². The van der Waals surface area contributed by atoms with Gasteiger partial charge in [0.25, 0.3) is 5.91 Å². The molecule has 0 bridgehead atoms. The Hall–Kier alpha value is -3.51. The number of methoxy groups -OCH3 is 1. The summed E-state index contributed by atoms with van der Waals surface area (Å²) in [6.07, 6.45) is 2.47. The molecule has 1 aliphatic rings. The lowest BCUT2D eigenvalue weighted by atomic mass is 9.98. The molecule has 2 aromatic heterocycles. The molecule has 33 heavy (non-hydrogen) atoms. The number of fused-ring (bicyclic) bond motifs is 1. The number of anilines is 1. The number of aryl methyl sites for hydroxylation is 1. The van der Waals surface area contributed by atoms with E-state index < -0.39 is 21.6 Å². The Kier molecular flexibility index (Phi) is 6.04. The Morgan fingerprint density at radius 2 is 2.21 bits per heavy atom. The quantitative estimate of drug-likeness (QED) is 0.501. The second kappa shape index (κ2) is 8.79. The molecule has 0 fully saturated rings. The van der Waals surface area contributed by atoms with Crippen LogP contribution >= 0.6 is 0 Å². The lowest BCUT2D eigenvalue weighted by Gasteiger charge is -2.17. The molecule has 1 unspecified atom stereocenters. The maximum Gasteiger partial charge on any atom is 0.277 e. The number of hydrogen-bond donors (Lipinski definition) is 3. The fourth-order valence-corrected chi connectivity index (χ4v) is 4.58. The predicted octanol–water partition coefficient (Wildman–Crippen LogP) is 2.97. The first kappa shape index (κ1) is 22.7. The van der Waals surface area contributed by atoms with Crippen LogP contribution < -0.4 is 19.9 Å². The third-order valence-corrected chi connectivity index (χ3v) is 6.21. The van der Waals surface area contributed by atoms with Crippen LogP contribution in [0.3, 0.4) is 0 Å². The van der Waals surface area contributed by atoms with Crippen LogP contribution in [0.25, 0.3) is 11.1 Å². The van der Waals surface area contributed by atoms with E-state index in [1.807, 2.05) is 0 Å². The molecule has 12 heteroatoms. The molecule has 0 aliphatic carbocycles. The predicted molar refractivity (Wildman–Crippen MR) is 119 cm³/mol. The van der Waals surface area contributed by atoms with Gasteiger partial charge in [-0.3, -0.25) is 4.79 Å². The highest BCUT2D eigenvalue weighted by Crippen LogP contribution is 2.36. The number of nitrogens with one attached hydrogen (secondary N) is 2. The van der Waals surface area contributed by atoms with Gasteiger partial charge in [0.1, 0.15) is 15.7 Å². The van der Waals surface area contributed by atoms with Crippen molar-refractivity contribution >= 4 is 21.5 Å². The van der Waals surface area contributed by atoms with Crippen LogP contribution in [0.5, 0.6) is 11.8 Å². The van der Waals surface area contributed by atoms with Gasteiger partial charge < -0.3 is 14.8 Å². The summed E-state index contributed by atoms with van der Waals surface area (Å²) in [5, 5.41) is 12.5. The maximum atomic E-state index is 14.7. The van der Waals surface area contributed by atoms with Gasteiger partial charge in [-0.2, -0.15) is 5.10 Å². The molecule has 0 saturated carbocycles. The highest BCUT2D eigenvalue weighted by molar-refractivity contribution is 7.90. The van der Waals surface area contributed by atoms with Crippen molar-refractivity contribution < 1.29 is 22.9 Å². The zero-order valence-corrected chi connectivity index (χ0v) is 18.9. The number of pyridine rings is 1. The molecule has 1 amide bonds. The molecule has 4 rings (SSSR count). The molecule has 3 aromatic rings. The molecule has 1 aromatic carbocycles. The summed E-state index contributed by atoms with van der Waals surface area (Å²) in [7, 11) is -2.35. The summed E-state index contributed by atoms with van der Waals surface area (Å²) in [5.41, 5.74) is 1.38. The van der Waals surface area contributed by atoms with E-state index in [1.165, 1.54) is 30.1 Å². The normalized spacial score (nSPS) is 14.7. The molecule has 10 nitrogen and oxygen atoms in total. The highest BCUT2D eigenvalue weighted by atomic mass is 32.2. The van der Waals surface area contributed by atoms with Crippen molar-refractivity contribution in [3.8, 4) is 22.9 Å². The Bertz CT molecular complexity index is 1340. The average molecular weight is 475 g/mol. The number of ether oxygens (including phenoxy) is 2. The Balaban J connectivity index is 1.84. The summed E-state index contributed by atoms with van der Waals surface area (Å²) in [4.78, 5) is 17.1. The largest absolute Gasteiger partial charge is 0.481 e. The van der Waals surface area contributed by atoms with Crippen molar-refractivity contribution in [2.24, 2.45) is 5.14 Å². The van der Waals surface area contributed by atoms with Gasteiger partial charge in [0.05, 0.1) is 19.4 Å². The monoisotopic (exact) mass is 474 g/mol. The molecular formula is C21H23FN6O4S. The summed E-state index contributed by atoms with van der Waals surface area (Å²) in [6.45, 7) is 2.51. The van der Waals surface area contributed by atoms with E-state index in [4.69, 9.17) is 19.4 Å². The summed E-state index contributed by atoms with van der Waals surface area (Å²) in [6, 6.07) is 6.23. The Morgan fingerprint density at radius 1 is 1.42 bits per heavy atom. The third-order valence-electron chi connectivity index (χ3n) is 5.24. The number of amides is 1. The van der Waals surface area contributed by atoms with Crippen molar-refractivity contribution in [2.75, 3.05) is 19.0 Å². The zero-order valence-electron chi connectivity index (χ0n) is 18.1. The minimum atomic E-state index is -3.83. The summed E-state index contributed by atoms with van der Waals surface area (Å²) < 4.78 is 47.1. The van der Waals surface area contributed by atoms with Crippen LogP contribution in [0.4, 0.5) is 10.1 Å².